The molecule has 1 aliphatic heterocycles. The Balaban J connectivity index is 1.62. The van der Waals surface area contributed by atoms with E-state index >= 15 is 0 Å². The van der Waals surface area contributed by atoms with E-state index in [1.807, 2.05) is 32.3 Å². The van der Waals surface area contributed by atoms with Crippen molar-refractivity contribution in [1.29, 1.82) is 0 Å². The number of nitrogens with zero attached hydrogens (tertiary/aromatic N) is 5. The summed E-state index contributed by atoms with van der Waals surface area (Å²) in [5.41, 5.74) is 3.55. The molecule has 0 bridgehead atoms. The number of nitrogens with one attached hydrogen (secondary N) is 1. The smallest absolute Gasteiger partial charge is 0.275 e. The van der Waals surface area contributed by atoms with Crippen LogP contribution in [-0.2, 0) is 7.05 Å². The van der Waals surface area contributed by atoms with Gasteiger partial charge in [-0.2, -0.15) is 14.7 Å². The van der Waals surface area contributed by atoms with Gasteiger partial charge in [0.15, 0.2) is 0 Å². The van der Waals surface area contributed by atoms with Crippen LogP contribution in [0.4, 0.5) is 0 Å². The number of aryl methyl sites for hydroxylation is 2. The average molecular weight is 380 g/mol. The standard InChI is InChI=1S/C19H20N6OS/c1-11-7-13(8-14-10-24(2)22-17(11)14)15-9-16(26)25-19(21-15)27-18(23-25)12-3-5-20-6-4-12/h7-10,12,20H,3-6H2,1-2H3. The van der Waals surface area contributed by atoms with Crippen LogP contribution in [0.1, 0.15) is 29.3 Å². The zero-order valence-corrected chi connectivity index (χ0v) is 16.1. The molecule has 27 heavy (non-hydrogen) atoms. The lowest BCUT2D eigenvalue weighted by molar-refractivity contribution is 0.456. The number of rotatable bonds is 2. The molecular weight excluding hydrogens is 360 g/mol. The van der Waals surface area contributed by atoms with Crippen LogP contribution >= 0.6 is 11.3 Å². The molecule has 5 rings (SSSR count). The fourth-order valence-corrected chi connectivity index (χ4v) is 4.86. The lowest BCUT2D eigenvalue weighted by atomic mass is 9.99. The van der Waals surface area contributed by atoms with Crippen molar-refractivity contribution in [2.24, 2.45) is 7.05 Å². The van der Waals surface area contributed by atoms with Crippen LogP contribution in [0.5, 0.6) is 0 Å². The Morgan fingerprint density at radius 2 is 2.00 bits per heavy atom. The van der Waals surface area contributed by atoms with Crippen LogP contribution in [0.25, 0.3) is 27.1 Å². The fourth-order valence-electron chi connectivity index (χ4n) is 3.79. The van der Waals surface area contributed by atoms with E-state index in [2.05, 4.69) is 15.5 Å². The molecule has 3 aromatic heterocycles. The maximum absolute atomic E-state index is 12.7. The molecule has 4 heterocycles. The second-order valence-corrected chi connectivity index (χ2v) is 8.16. The summed E-state index contributed by atoms with van der Waals surface area (Å²) in [6.07, 6.45) is 4.09. The van der Waals surface area contributed by atoms with Crippen molar-refractivity contribution in [3.63, 3.8) is 0 Å². The van der Waals surface area contributed by atoms with E-state index in [1.54, 1.807) is 10.7 Å². The topological polar surface area (TPSA) is 77.1 Å². The first-order valence-electron chi connectivity index (χ1n) is 9.14. The van der Waals surface area contributed by atoms with Crippen molar-refractivity contribution in [2.45, 2.75) is 25.7 Å². The molecule has 1 aliphatic rings. The fraction of sp³-hybridized carbons (Fsp3) is 0.368. The molecule has 138 valence electrons. The Morgan fingerprint density at radius 1 is 1.19 bits per heavy atom. The summed E-state index contributed by atoms with van der Waals surface area (Å²) >= 11 is 1.54. The third-order valence-corrected chi connectivity index (χ3v) is 6.23. The highest BCUT2D eigenvalue weighted by Gasteiger charge is 2.20. The molecule has 4 aromatic rings. The average Bonchev–Trinajstić information content (AvgIpc) is 3.26. The quantitative estimate of drug-likeness (QED) is 0.578. The minimum atomic E-state index is -0.129. The van der Waals surface area contributed by atoms with Gasteiger partial charge < -0.3 is 5.32 Å². The van der Waals surface area contributed by atoms with Crippen LogP contribution in [0, 0.1) is 6.92 Å². The third-order valence-electron chi connectivity index (χ3n) is 5.16. The number of fused-ring (bicyclic) bond motifs is 2. The van der Waals surface area contributed by atoms with Gasteiger partial charge in [0.25, 0.3) is 5.56 Å². The van der Waals surface area contributed by atoms with E-state index in [0.29, 0.717) is 16.6 Å². The normalized spacial score (nSPS) is 15.8. The van der Waals surface area contributed by atoms with Crippen molar-refractivity contribution >= 4 is 27.2 Å². The lowest BCUT2D eigenvalue weighted by Gasteiger charge is -2.19. The highest BCUT2D eigenvalue weighted by molar-refractivity contribution is 7.16. The maximum atomic E-state index is 12.7. The summed E-state index contributed by atoms with van der Waals surface area (Å²) in [5, 5.41) is 14.5. The first-order valence-corrected chi connectivity index (χ1v) is 9.96. The van der Waals surface area contributed by atoms with Gasteiger partial charge in [0.2, 0.25) is 4.96 Å². The predicted octanol–water partition coefficient (Wildman–Crippen LogP) is 2.48. The maximum Gasteiger partial charge on any atom is 0.275 e. The molecule has 0 aliphatic carbocycles. The summed E-state index contributed by atoms with van der Waals surface area (Å²) in [7, 11) is 1.91. The van der Waals surface area contributed by atoms with Crippen molar-refractivity contribution in [3.8, 4) is 11.3 Å². The van der Waals surface area contributed by atoms with E-state index in [1.165, 1.54) is 15.9 Å². The predicted molar refractivity (Wildman–Crippen MR) is 106 cm³/mol. The summed E-state index contributed by atoms with van der Waals surface area (Å²) in [5.74, 6) is 0.412. The molecule has 1 fully saturated rings. The van der Waals surface area contributed by atoms with Crippen molar-refractivity contribution in [2.75, 3.05) is 13.1 Å². The summed E-state index contributed by atoms with van der Waals surface area (Å²) in [6.45, 7) is 4.03. The first kappa shape index (κ1) is 16.6. The molecule has 0 amide bonds. The van der Waals surface area contributed by atoms with E-state index in [-0.39, 0.29) is 5.56 Å². The zero-order chi connectivity index (χ0) is 18.5. The Morgan fingerprint density at radius 3 is 2.81 bits per heavy atom. The van der Waals surface area contributed by atoms with Crippen molar-refractivity contribution in [3.05, 3.63) is 45.3 Å². The van der Waals surface area contributed by atoms with Crippen molar-refractivity contribution < 1.29 is 0 Å². The van der Waals surface area contributed by atoms with Gasteiger partial charge in [-0.15, -0.1) is 0 Å². The number of hydrogen-bond acceptors (Lipinski definition) is 6. The van der Waals surface area contributed by atoms with Crippen LogP contribution in [0.2, 0.25) is 0 Å². The number of piperidine rings is 1. The van der Waals surface area contributed by atoms with Gasteiger partial charge in [-0.3, -0.25) is 9.48 Å². The minimum Gasteiger partial charge on any atom is -0.317 e. The molecule has 0 atom stereocenters. The molecule has 0 spiro atoms. The lowest BCUT2D eigenvalue weighted by Crippen LogP contribution is -2.26. The SMILES string of the molecule is Cc1cc(-c2cc(=O)n3nc(C4CCNCC4)sc3n2)cc2cn(C)nc12. The van der Waals surface area contributed by atoms with Gasteiger partial charge in [-0.1, -0.05) is 11.3 Å². The monoisotopic (exact) mass is 380 g/mol. The van der Waals surface area contributed by atoms with Crippen LogP contribution in [-0.4, -0.2) is 37.5 Å². The van der Waals surface area contributed by atoms with Gasteiger partial charge >= 0.3 is 0 Å². The van der Waals surface area contributed by atoms with Crippen LogP contribution in [0.3, 0.4) is 0 Å². The van der Waals surface area contributed by atoms with E-state index in [9.17, 15) is 4.79 Å². The van der Waals surface area contributed by atoms with Gasteiger partial charge in [-0.05, 0) is 50.6 Å². The highest BCUT2D eigenvalue weighted by Crippen LogP contribution is 2.30. The molecular formula is C19H20N6OS. The van der Waals surface area contributed by atoms with Crippen LogP contribution in [0.15, 0.2) is 29.2 Å². The molecule has 7 nitrogen and oxygen atoms in total. The van der Waals surface area contributed by atoms with Crippen LogP contribution < -0.4 is 10.9 Å². The summed E-state index contributed by atoms with van der Waals surface area (Å²) in [4.78, 5) is 18.1. The Hall–Kier alpha value is -2.58. The Kier molecular flexibility index (Phi) is 3.84. The van der Waals surface area contributed by atoms with E-state index in [4.69, 9.17) is 4.98 Å². The second-order valence-electron chi connectivity index (χ2n) is 7.17. The third kappa shape index (κ3) is 2.85. The first-order chi connectivity index (χ1) is 13.1. The number of hydrogen-bond donors (Lipinski definition) is 1. The molecule has 0 unspecified atom stereocenters. The second kappa shape index (κ2) is 6.24. The van der Waals surface area contributed by atoms with E-state index in [0.717, 1.165) is 53.0 Å². The number of benzene rings is 1. The molecule has 0 saturated carbocycles. The van der Waals surface area contributed by atoms with Gasteiger partial charge in [0.1, 0.15) is 5.01 Å². The zero-order valence-electron chi connectivity index (χ0n) is 15.3. The molecule has 0 radical (unpaired) electrons. The molecule has 1 saturated heterocycles. The Labute approximate surface area is 159 Å². The Bertz CT molecular complexity index is 1210. The van der Waals surface area contributed by atoms with Crippen molar-refractivity contribution in [1.82, 2.24) is 29.7 Å². The molecule has 1 aromatic carbocycles. The van der Waals surface area contributed by atoms with Gasteiger partial charge in [-0.25, -0.2) is 4.98 Å². The summed E-state index contributed by atoms with van der Waals surface area (Å²) in [6, 6.07) is 5.67. The largest absolute Gasteiger partial charge is 0.317 e. The van der Waals surface area contributed by atoms with Gasteiger partial charge in [0, 0.05) is 36.2 Å². The summed E-state index contributed by atoms with van der Waals surface area (Å²) < 4.78 is 3.25. The van der Waals surface area contributed by atoms with Gasteiger partial charge in [0.05, 0.1) is 11.2 Å². The van der Waals surface area contributed by atoms with E-state index < -0.39 is 0 Å². The number of aromatic nitrogens is 5. The minimum absolute atomic E-state index is 0.129. The molecule has 8 heteroatoms. The highest BCUT2D eigenvalue weighted by atomic mass is 32.1. The molecule has 1 N–H and O–H groups in total.